The number of ether oxygens (including phenoxy) is 1. The number of aromatic nitrogens is 2. The molecule has 1 aliphatic heterocycles. The van der Waals surface area contributed by atoms with Gasteiger partial charge in [0.15, 0.2) is 5.65 Å². The Balaban J connectivity index is 1.57. The summed E-state index contributed by atoms with van der Waals surface area (Å²) in [6.45, 7) is 2.63. The van der Waals surface area contributed by atoms with E-state index in [1.165, 1.54) is 11.3 Å². The largest absolute Gasteiger partial charge is 0.389 e. The number of hydrogen-bond donors (Lipinski definition) is 1. The van der Waals surface area contributed by atoms with Gasteiger partial charge in [0.25, 0.3) is 5.91 Å². The van der Waals surface area contributed by atoms with Gasteiger partial charge in [-0.15, -0.1) is 11.3 Å². The van der Waals surface area contributed by atoms with E-state index in [0.29, 0.717) is 42.2 Å². The zero-order chi connectivity index (χ0) is 24.6. The smallest absolute Gasteiger partial charge is 0.378 e. The van der Waals surface area contributed by atoms with Gasteiger partial charge >= 0.3 is 6.18 Å². The third-order valence-corrected chi connectivity index (χ3v) is 7.15. The number of carbonyl (C=O) groups excluding carboxylic acids is 1. The average Bonchev–Trinajstić information content (AvgIpc) is 3.22. The van der Waals surface area contributed by atoms with Gasteiger partial charge in [0.2, 0.25) is 5.43 Å². The van der Waals surface area contributed by atoms with Crippen LogP contribution in [0.2, 0.25) is 0 Å². The van der Waals surface area contributed by atoms with Crippen molar-refractivity contribution in [2.24, 2.45) is 0 Å². The van der Waals surface area contributed by atoms with Crippen molar-refractivity contribution in [3.05, 3.63) is 52.2 Å². The molecule has 0 saturated carbocycles. The molecule has 35 heavy (non-hydrogen) atoms. The van der Waals surface area contributed by atoms with Crippen LogP contribution >= 0.6 is 11.3 Å². The third kappa shape index (κ3) is 4.70. The lowest BCUT2D eigenvalue weighted by atomic mass is 10.1. The molecule has 1 N–H and O–H groups in total. The van der Waals surface area contributed by atoms with Crippen LogP contribution in [-0.2, 0) is 4.74 Å². The Bertz CT molecular complexity index is 1460. The van der Waals surface area contributed by atoms with Crippen molar-refractivity contribution in [2.45, 2.75) is 25.4 Å². The Morgan fingerprint density at radius 2 is 1.89 bits per heavy atom. The Labute approximate surface area is 202 Å². The molecular weight excluding hydrogens is 481 g/mol. The number of halogens is 3. The first kappa shape index (κ1) is 23.6. The molecule has 0 bridgehead atoms. The maximum absolute atomic E-state index is 13.5. The quantitative estimate of drug-likeness (QED) is 0.395. The number of nitrogens with zero attached hydrogens (tertiary/aromatic N) is 3. The Morgan fingerprint density at radius 1 is 1.11 bits per heavy atom. The van der Waals surface area contributed by atoms with Crippen molar-refractivity contribution in [1.82, 2.24) is 14.7 Å². The molecule has 7 nitrogen and oxygen atoms in total. The van der Waals surface area contributed by atoms with Gasteiger partial charge in [0.1, 0.15) is 16.2 Å². The molecule has 184 valence electrons. The number of rotatable bonds is 6. The van der Waals surface area contributed by atoms with E-state index >= 15 is 0 Å². The summed E-state index contributed by atoms with van der Waals surface area (Å²) in [5.74, 6) is 0.136. The number of amides is 1. The highest BCUT2D eigenvalue weighted by Gasteiger charge is 2.26. The lowest BCUT2D eigenvalue weighted by Crippen LogP contribution is -2.37. The maximum Gasteiger partial charge on any atom is 0.389 e. The zero-order valence-corrected chi connectivity index (χ0v) is 19.5. The molecule has 0 spiro atoms. The predicted molar refractivity (Wildman–Crippen MR) is 130 cm³/mol. The van der Waals surface area contributed by atoms with Crippen molar-refractivity contribution >= 4 is 49.1 Å². The first-order valence-electron chi connectivity index (χ1n) is 11.4. The number of carbonyl (C=O) groups is 1. The molecule has 4 heterocycles. The minimum absolute atomic E-state index is 0.0181. The first-order valence-corrected chi connectivity index (χ1v) is 12.2. The van der Waals surface area contributed by atoms with E-state index in [0.717, 1.165) is 16.0 Å². The van der Waals surface area contributed by atoms with Crippen LogP contribution in [0.25, 0.3) is 26.1 Å². The lowest BCUT2D eigenvalue weighted by molar-refractivity contribution is -0.135. The molecule has 0 unspecified atom stereocenters. The summed E-state index contributed by atoms with van der Waals surface area (Å²) < 4.78 is 45.3. The number of benzene rings is 1. The average molecular weight is 505 g/mol. The molecular formula is C24H23F3N4O3S. The number of morpholine rings is 1. The van der Waals surface area contributed by atoms with Gasteiger partial charge in [0.05, 0.1) is 28.8 Å². The number of hydrogen-bond acceptors (Lipinski definition) is 6. The predicted octanol–water partition coefficient (Wildman–Crippen LogP) is 4.36. The number of anilines is 1. The first-order chi connectivity index (χ1) is 16.8. The molecule has 1 saturated heterocycles. The van der Waals surface area contributed by atoms with Crippen molar-refractivity contribution in [2.75, 3.05) is 37.7 Å². The van der Waals surface area contributed by atoms with Crippen LogP contribution in [0, 0.1) is 0 Å². The number of nitrogens with one attached hydrogen (secondary N) is 1. The highest BCUT2D eigenvalue weighted by molar-refractivity contribution is 7.24. The van der Waals surface area contributed by atoms with E-state index < -0.39 is 23.9 Å². The fourth-order valence-electron chi connectivity index (χ4n) is 4.29. The van der Waals surface area contributed by atoms with Crippen LogP contribution in [0.15, 0.2) is 41.2 Å². The van der Waals surface area contributed by atoms with Crippen molar-refractivity contribution in [1.29, 1.82) is 0 Å². The molecule has 1 aliphatic rings. The van der Waals surface area contributed by atoms with Gasteiger partial charge in [0, 0.05) is 26.1 Å². The monoisotopic (exact) mass is 504 g/mol. The molecule has 3 aromatic heterocycles. The SMILES string of the molecule is O=C(NCCCCC(F)(F)F)c1c(=O)c2ccc(N3CCOCC3)nc2n2c1sc1ccccc12. The van der Waals surface area contributed by atoms with Crippen LogP contribution in [0.1, 0.15) is 29.6 Å². The third-order valence-electron chi connectivity index (χ3n) is 6.01. The van der Waals surface area contributed by atoms with Crippen LogP contribution in [-0.4, -0.2) is 54.3 Å². The van der Waals surface area contributed by atoms with E-state index in [2.05, 4.69) is 10.2 Å². The Morgan fingerprint density at radius 3 is 2.66 bits per heavy atom. The van der Waals surface area contributed by atoms with Crippen molar-refractivity contribution in [3.63, 3.8) is 0 Å². The summed E-state index contributed by atoms with van der Waals surface area (Å²) in [6.07, 6.45) is -5.05. The summed E-state index contributed by atoms with van der Waals surface area (Å²) in [5, 5.41) is 2.95. The van der Waals surface area contributed by atoms with E-state index in [-0.39, 0.29) is 24.9 Å². The summed E-state index contributed by atoms with van der Waals surface area (Å²) in [4.78, 5) is 33.9. The van der Waals surface area contributed by atoms with E-state index in [4.69, 9.17) is 9.72 Å². The zero-order valence-electron chi connectivity index (χ0n) is 18.7. The second-order valence-corrected chi connectivity index (χ2v) is 9.41. The topological polar surface area (TPSA) is 75.9 Å². The van der Waals surface area contributed by atoms with Crippen molar-refractivity contribution < 1.29 is 22.7 Å². The van der Waals surface area contributed by atoms with E-state index in [1.807, 2.05) is 28.7 Å². The molecule has 11 heteroatoms. The highest BCUT2D eigenvalue weighted by Crippen LogP contribution is 2.31. The fourth-order valence-corrected chi connectivity index (χ4v) is 5.47. The lowest BCUT2D eigenvalue weighted by Gasteiger charge is -2.27. The Kier molecular flexibility index (Phi) is 6.37. The summed E-state index contributed by atoms with van der Waals surface area (Å²) in [5.41, 5.74) is 0.826. The Hall–Kier alpha value is -3.18. The highest BCUT2D eigenvalue weighted by atomic mass is 32.1. The van der Waals surface area contributed by atoms with Crippen LogP contribution < -0.4 is 15.6 Å². The normalized spacial score (nSPS) is 14.8. The molecule has 1 fully saturated rings. The molecule has 1 aromatic carbocycles. The fraction of sp³-hybridized carbons (Fsp3) is 0.375. The van der Waals surface area contributed by atoms with Gasteiger partial charge < -0.3 is 15.0 Å². The molecule has 4 aromatic rings. The van der Waals surface area contributed by atoms with Crippen LogP contribution in [0.4, 0.5) is 19.0 Å². The molecule has 0 radical (unpaired) electrons. The molecule has 0 aliphatic carbocycles. The van der Waals surface area contributed by atoms with Gasteiger partial charge in [-0.3, -0.25) is 14.0 Å². The number of thiazole rings is 1. The minimum atomic E-state index is -4.22. The number of pyridine rings is 2. The van der Waals surface area contributed by atoms with Gasteiger partial charge in [-0.25, -0.2) is 4.98 Å². The summed E-state index contributed by atoms with van der Waals surface area (Å²) >= 11 is 1.31. The van der Waals surface area contributed by atoms with Crippen LogP contribution in [0.5, 0.6) is 0 Å². The van der Waals surface area contributed by atoms with Crippen molar-refractivity contribution in [3.8, 4) is 0 Å². The minimum Gasteiger partial charge on any atom is -0.378 e. The molecule has 1 amide bonds. The van der Waals surface area contributed by atoms with Gasteiger partial charge in [-0.1, -0.05) is 12.1 Å². The van der Waals surface area contributed by atoms with E-state index in [9.17, 15) is 22.8 Å². The second kappa shape index (κ2) is 9.46. The number of unbranched alkanes of at least 4 members (excludes halogenated alkanes) is 1. The standard InChI is InChI=1S/C24H23F3N4O3S/c25-24(26,27)9-3-4-10-28-22(33)19-20(32)15-7-8-18(30-11-13-34-14-12-30)29-21(15)31-16-5-1-2-6-17(16)35-23(19)31/h1-2,5-8H,3-4,9-14H2,(H,28,33). The molecule has 0 atom stereocenters. The number of para-hydroxylation sites is 1. The van der Waals surface area contributed by atoms with Gasteiger partial charge in [-0.05, 0) is 37.1 Å². The molecule has 5 rings (SSSR count). The van der Waals surface area contributed by atoms with Gasteiger partial charge in [-0.2, -0.15) is 13.2 Å². The number of fused-ring (bicyclic) bond motifs is 5. The summed E-state index contributed by atoms with van der Waals surface area (Å²) in [7, 11) is 0. The van der Waals surface area contributed by atoms with Crippen LogP contribution in [0.3, 0.4) is 0 Å². The maximum atomic E-state index is 13.5. The van der Waals surface area contributed by atoms with E-state index in [1.54, 1.807) is 12.1 Å². The number of alkyl halides is 3. The second-order valence-electron chi connectivity index (χ2n) is 8.38. The summed E-state index contributed by atoms with van der Waals surface area (Å²) in [6, 6.07) is 11.0.